The highest BCUT2D eigenvalue weighted by molar-refractivity contribution is 7.87. The number of rotatable bonds is 2. The number of amides is 1. The Morgan fingerprint density at radius 2 is 1.74 bits per heavy atom. The van der Waals surface area contributed by atoms with E-state index in [2.05, 4.69) is 4.18 Å². The van der Waals surface area contributed by atoms with Crippen molar-refractivity contribution in [2.45, 2.75) is 52.1 Å². The molecule has 1 rings (SSSR count). The Labute approximate surface area is 134 Å². The molecule has 0 aromatic rings. The summed E-state index contributed by atoms with van der Waals surface area (Å²) in [5.41, 5.74) is -6.17. The van der Waals surface area contributed by atoms with Crippen LogP contribution < -0.4 is 0 Å². The van der Waals surface area contributed by atoms with Crippen LogP contribution in [0.5, 0.6) is 0 Å². The minimum Gasteiger partial charge on any atom is -0.444 e. The van der Waals surface area contributed by atoms with Crippen LogP contribution in [0.2, 0.25) is 0 Å². The summed E-state index contributed by atoms with van der Waals surface area (Å²) in [6.07, 6.45) is 0.335. The first-order valence-electron chi connectivity index (χ1n) is 6.99. The molecule has 0 radical (unpaired) electrons. The predicted molar refractivity (Wildman–Crippen MR) is 77.9 cm³/mol. The monoisotopic (exact) mass is 361 g/mol. The summed E-state index contributed by atoms with van der Waals surface area (Å²) in [4.78, 5) is 12.9. The molecule has 0 saturated carbocycles. The predicted octanol–water partition coefficient (Wildman–Crippen LogP) is 3.40. The maximum absolute atomic E-state index is 12.2. The van der Waals surface area contributed by atoms with Crippen LogP contribution in [0.15, 0.2) is 11.8 Å². The maximum Gasteiger partial charge on any atom is 0.534 e. The van der Waals surface area contributed by atoms with Crippen LogP contribution in [0, 0.1) is 0 Å². The molecule has 0 bridgehead atoms. The van der Waals surface area contributed by atoms with E-state index in [1.165, 1.54) is 4.90 Å². The lowest BCUT2D eigenvalue weighted by molar-refractivity contribution is -0.0525. The second kappa shape index (κ2) is 7.89. The van der Waals surface area contributed by atoms with Gasteiger partial charge >= 0.3 is 21.7 Å². The van der Waals surface area contributed by atoms with Crippen LogP contribution in [0.1, 0.15) is 41.0 Å². The van der Waals surface area contributed by atoms with Crippen LogP contribution in [0.4, 0.5) is 18.0 Å². The van der Waals surface area contributed by atoms with E-state index in [0.29, 0.717) is 0 Å². The quantitative estimate of drug-likeness (QED) is 0.557. The molecule has 1 heterocycles. The fourth-order valence-electron chi connectivity index (χ4n) is 1.41. The van der Waals surface area contributed by atoms with Crippen molar-refractivity contribution in [1.29, 1.82) is 0 Å². The molecule has 0 unspecified atom stereocenters. The highest BCUT2D eigenvalue weighted by atomic mass is 32.2. The van der Waals surface area contributed by atoms with Gasteiger partial charge in [0.25, 0.3) is 0 Å². The molecule has 0 fully saturated rings. The van der Waals surface area contributed by atoms with Crippen LogP contribution in [0.3, 0.4) is 0 Å². The Kier molecular flexibility index (Phi) is 7.39. The second-order valence-corrected chi connectivity index (χ2v) is 6.87. The molecule has 1 aliphatic rings. The lowest BCUT2D eigenvalue weighted by Gasteiger charge is -2.29. The van der Waals surface area contributed by atoms with Crippen LogP contribution in [-0.4, -0.2) is 43.6 Å². The Balaban J connectivity index is 0.00000232. The number of hydrogen-bond acceptors (Lipinski definition) is 5. The molecule has 0 aromatic heterocycles. The number of halogens is 3. The largest absolute Gasteiger partial charge is 0.534 e. The zero-order valence-electron chi connectivity index (χ0n) is 13.7. The molecule has 0 spiro atoms. The fourth-order valence-corrected chi connectivity index (χ4v) is 1.93. The fraction of sp³-hybridized carbons (Fsp3) is 0.769. The van der Waals surface area contributed by atoms with Gasteiger partial charge in [-0.05, 0) is 26.8 Å². The Bertz CT molecular complexity index is 535. The molecule has 0 aromatic carbocycles. The molecule has 136 valence electrons. The first kappa shape index (κ1) is 21.6. The lowest BCUT2D eigenvalue weighted by Crippen LogP contribution is -2.39. The highest BCUT2D eigenvalue weighted by Crippen LogP contribution is 2.28. The number of hydrogen-bond donors (Lipinski definition) is 0. The molecule has 10 heteroatoms. The third-order valence-electron chi connectivity index (χ3n) is 2.32. The zero-order chi connectivity index (χ0) is 18.5. The first-order valence-corrected chi connectivity index (χ1v) is 8.40. The first-order chi connectivity index (χ1) is 10.3. The van der Waals surface area contributed by atoms with Crippen molar-refractivity contribution >= 4 is 16.2 Å². The summed E-state index contributed by atoms with van der Waals surface area (Å²) >= 11 is 0. The number of ether oxygens (including phenoxy) is 1. The molecular weight excluding hydrogens is 339 g/mol. The number of carbonyl (C=O) groups is 1. The highest BCUT2D eigenvalue weighted by Gasteiger charge is 2.49. The van der Waals surface area contributed by atoms with E-state index in [-0.39, 0.29) is 25.3 Å². The van der Waals surface area contributed by atoms with Crippen molar-refractivity contribution in [3.05, 3.63) is 11.8 Å². The van der Waals surface area contributed by atoms with Gasteiger partial charge < -0.3 is 13.8 Å². The minimum absolute atomic E-state index is 0.00806. The standard InChI is InChI=1S/C11H16F3NO5S.C2H6/c1-10(2,3)19-9(16)15-6-4-8(5-7-15)20-21(17,18)11(12,13)14;1-2/h4H,5-7H2,1-3H3;1-2H3. The smallest absolute Gasteiger partial charge is 0.444 e. The van der Waals surface area contributed by atoms with Crippen molar-refractivity contribution in [2.75, 3.05) is 13.1 Å². The third-order valence-corrected chi connectivity index (χ3v) is 3.32. The van der Waals surface area contributed by atoms with Crippen LogP contribution >= 0.6 is 0 Å². The van der Waals surface area contributed by atoms with Gasteiger partial charge in [-0.3, -0.25) is 0 Å². The normalized spacial score (nSPS) is 16.0. The van der Waals surface area contributed by atoms with Crippen molar-refractivity contribution < 1.29 is 35.3 Å². The molecule has 1 amide bonds. The number of nitrogens with zero attached hydrogens (tertiary/aromatic N) is 1. The third kappa shape index (κ3) is 7.10. The molecule has 23 heavy (non-hydrogen) atoms. The van der Waals surface area contributed by atoms with Gasteiger partial charge in [0.15, 0.2) is 0 Å². The van der Waals surface area contributed by atoms with E-state index in [4.69, 9.17) is 4.74 Å². The Morgan fingerprint density at radius 3 is 2.09 bits per heavy atom. The zero-order valence-corrected chi connectivity index (χ0v) is 14.5. The van der Waals surface area contributed by atoms with E-state index in [0.717, 1.165) is 6.08 Å². The van der Waals surface area contributed by atoms with Gasteiger partial charge in [0.1, 0.15) is 11.4 Å². The summed E-state index contributed by atoms with van der Waals surface area (Å²) in [5.74, 6) is -0.341. The Hall–Kier alpha value is -1.45. The SMILES string of the molecule is CC.CC(C)(C)OC(=O)N1CC=C(OS(=O)(=O)C(F)(F)F)CC1. The number of alkyl halides is 3. The van der Waals surface area contributed by atoms with E-state index in [9.17, 15) is 26.4 Å². The molecule has 0 N–H and O–H groups in total. The summed E-state index contributed by atoms with van der Waals surface area (Å²) in [6.45, 7) is 8.95. The van der Waals surface area contributed by atoms with E-state index in [1.807, 2.05) is 13.8 Å². The minimum atomic E-state index is -5.67. The average Bonchev–Trinajstić information content (AvgIpc) is 2.38. The van der Waals surface area contributed by atoms with Crippen molar-refractivity contribution in [2.24, 2.45) is 0 Å². The summed E-state index contributed by atoms with van der Waals surface area (Å²) in [7, 11) is -5.67. The van der Waals surface area contributed by atoms with Gasteiger partial charge in [-0.1, -0.05) is 13.8 Å². The summed E-state index contributed by atoms with van der Waals surface area (Å²) in [5, 5.41) is 0. The van der Waals surface area contributed by atoms with Crippen molar-refractivity contribution in [3.63, 3.8) is 0 Å². The molecular formula is C13H22F3NO5S. The van der Waals surface area contributed by atoms with Crippen LogP contribution in [0.25, 0.3) is 0 Å². The van der Waals surface area contributed by atoms with Crippen LogP contribution in [-0.2, 0) is 19.0 Å². The van der Waals surface area contributed by atoms with Gasteiger partial charge in [-0.25, -0.2) is 4.79 Å². The molecule has 6 nitrogen and oxygen atoms in total. The molecule has 0 saturated heterocycles. The summed E-state index contributed by atoms with van der Waals surface area (Å²) in [6, 6.07) is 0. The lowest BCUT2D eigenvalue weighted by atomic mass is 10.2. The maximum atomic E-state index is 12.2. The van der Waals surface area contributed by atoms with Gasteiger partial charge in [-0.15, -0.1) is 0 Å². The van der Waals surface area contributed by atoms with Gasteiger partial charge in [0.05, 0.1) is 0 Å². The number of carbonyl (C=O) groups excluding carboxylic acids is 1. The van der Waals surface area contributed by atoms with Crippen molar-refractivity contribution in [3.8, 4) is 0 Å². The Morgan fingerprint density at radius 1 is 1.22 bits per heavy atom. The van der Waals surface area contributed by atoms with Gasteiger partial charge in [0.2, 0.25) is 0 Å². The average molecular weight is 361 g/mol. The molecule has 0 atom stereocenters. The second-order valence-electron chi connectivity index (χ2n) is 5.33. The van der Waals surface area contributed by atoms with E-state index in [1.54, 1.807) is 20.8 Å². The van der Waals surface area contributed by atoms with Gasteiger partial charge in [-0.2, -0.15) is 21.6 Å². The summed E-state index contributed by atoms with van der Waals surface area (Å²) < 4.78 is 67.2. The topological polar surface area (TPSA) is 72.9 Å². The van der Waals surface area contributed by atoms with Gasteiger partial charge in [0, 0.05) is 19.5 Å². The van der Waals surface area contributed by atoms with Crippen molar-refractivity contribution in [1.82, 2.24) is 4.90 Å². The van der Waals surface area contributed by atoms with E-state index >= 15 is 0 Å². The molecule has 0 aliphatic carbocycles. The van der Waals surface area contributed by atoms with E-state index < -0.39 is 27.3 Å². The molecule has 1 aliphatic heterocycles.